The van der Waals surface area contributed by atoms with Crippen molar-refractivity contribution >= 4 is 27.7 Å². The first kappa shape index (κ1) is 37.9. The third-order valence-electron chi connectivity index (χ3n) is 7.38. The smallest absolute Gasteiger partial charge is 0.270 e. The number of rotatable bonds is 15. The van der Waals surface area contributed by atoms with Crippen LogP contribution in [-0.4, -0.2) is 88.6 Å². The summed E-state index contributed by atoms with van der Waals surface area (Å²) in [6, 6.07) is 14.9. The van der Waals surface area contributed by atoms with Gasteiger partial charge in [0, 0.05) is 25.4 Å². The second-order valence-corrected chi connectivity index (χ2v) is 14.9. The van der Waals surface area contributed by atoms with Crippen molar-refractivity contribution in [3.05, 3.63) is 84.2 Å². The molecule has 1 aromatic heterocycles. The molecule has 0 fully saturated rings. The highest BCUT2D eigenvalue weighted by atomic mass is 32.2. The van der Waals surface area contributed by atoms with Gasteiger partial charge in [0.15, 0.2) is 11.5 Å². The molecule has 0 saturated carbocycles. The van der Waals surface area contributed by atoms with E-state index in [1.807, 2.05) is 19.9 Å². The Kier molecular flexibility index (Phi) is 13.1. The van der Waals surface area contributed by atoms with E-state index < -0.39 is 75.9 Å². The van der Waals surface area contributed by atoms with Crippen LogP contribution in [0.3, 0.4) is 0 Å². The molecule has 3 aromatic rings. The molecule has 0 bridgehead atoms. The summed E-state index contributed by atoms with van der Waals surface area (Å²) in [5.74, 6) is -3.04. The highest BCUT2D eigenvalue weighted by Gasteiger charge is 2.37. The molecular formula is C34H45N5O8S. The Labute approximate surface area is 281 Å². The summed E-state index contributed by atoms with van der Waals surface area (Å²) in [5.41, 5.74) is 0.0852. The SMILES string of the molecule is CC(C)CN(C[C@@H](O)[C@H](Cc1ccccc1)NC(=O)[C@@H](NC(=O)CNC(=O)c1ccccn1)C(C)(C)C)S(=O)(=O)c1ccc(O)c(O)c1. The zero-order valence-corrected chi connectivity index (χ0v) is 28.6. The molecule has 13 nitrogen and oxygen atoms in total. The number of aliphatic hydroxyl groups is 1. The minimum Gasteiger partial charge on any atom is -0.504 e. The first-order valence-corrected chi connectivity index (χ1v) is 17.0. The maximum Gasteiger partial charge on any atom is 0.270 e. The molecule has 1 heterocycles. The van der Waals surface area contributed by atoms with E-state index in [0.29, 0.717) is 0 Å². The molecule has 0 aliphatic heterocycles. The molecule has 3 atom stereocenters. The van der Waals surface area contributed by atoms with Gasteiger partial charge in [0.1, 0.15) is 11.7 Å². The van der Waals surface area contributed by atoms with Crippen LogP contribution in [0.2, 0.25) is 0 Å². The number of aromatic nitrogens is 1. The second-order valence-electron chi connectivity index (χ2n) is 13.0. The van der Waals surface area contributed by atoms with Gasteiger partial charge in [-0.15, -0.1) is 0 Å². The molecule has 0 radical (unpaired) electrons. The third-order valence-corrected chi connectivity index (χ3v) is 9.20. The Morgan fingerprint density at radius 1 is 0.896 bits per heavy atom. The Morgan fingerprint density at radius 3 is 2.15 bits per heavy atom. The fraction of sp³-hybridized carbons (Fsp3) is 0.412. The lowest BCUT2D eigenvalue weighted by Gasteiger charge is -2.34. The standard InChI is InChI=1S/C34H45N5O8S/c1-22(2)20-39(48(46,47)24-14-15-27(40)28(41)18-24)21-29(42)26(17-23-11-7-6-8-12-23)37-33(45)31(34(3,4)5)38-30(43)19-36-32(44)25-13-9-10-16-35-25/h6-16,18,22,26,29,31,40-42H,17,19-21H2,1-5H3,(H,36,44)(H,37,45)(H,38,43)/t26-,29+,31+/m0/s1. The van der Waals surface area contributed by atoms with E-state index >= 15 is 0 Å². The van der Waals surface area contributed by atoms with Crippen molar-refractivity contribution < 1.29 is 38.1 Å². The molecule has 2 aromatic carbocycles. The maximum absolute atomic E-state index is 13.8. The molecule has 260 valence electrons. The van der Waals surface area contributed by atoms with Gasteiger partial charge in [0.25, 0.3) is 5.91 Å². The summed E-state index contributed by atoms with van der Waals surface area (Å²) in [4.78, 5) is 42.8. The molecular weight excluding hydrogens is 638 g/mol. The molecule has 0 aliphatic carbocycles. The first-order chi connectivity index (χ1) is 22.5. The van der Waals surface area contributed by atoms with Crippen LogP contribution < -0.4 is 16.0 Å². The van der Waals surface area contributed by atoms with Crippen LogP contribution in [0.1, 0.15) is 50.7 Å². The van der Waals surface area contributed by atoms with E-state index in [9.17, 15) is 38.1 Å². The zero-order valence-electron chi connectivity index (χ0n) is 27.8. The van der Waals surface area contributed by atoms with Crippen LogP contribution >= 0.6 is 0 Å². The van der Waals surface area contributed by atoms with Gasteiger partial charge < -0.3 is 31.3 Å². The molecule has 3 amide bonds. The van der Waals surface area contributed by atoms with Crippen LogP contribution in [0.25, 0.3) is 0 Å². The number of phenols is 2. The minimum atomic E-state index is -4.26. The lowest BCUT2D eigenvalue weighted by molar-refractivity contribution is -0.132. The average Bonchev–Trinajstić information content (AvgIpc) is 3.03. The number of pyridine rings is 1. The van der Waals surface area contributed by atoms with E-state index in [2.05, 4.69) is 20.9 Å². The molecule has 0 aliphatic rings. The number of carbonyl (C=O) groups excluding carboxylic acids is 3. The normalized spacial score (nSPS) is 13.8. The molecule has 48 heavy (non-hydrogen) atoms. The predicted molar refractivity (Wildman–Crippen MR) is 179 cm³/mol. The van der Waals surface area contributed by atoms with Crippen molar-refractivity contribution in [2.75, 3.05) is 19.6 Å². The first-order valence-electron chi connectivity index (χ1n) is 15.5. The van der Waals surface area contributed by atoms with E-state index in [-0.39, 0.29) is 29.5 Å². The predicted octanol–water partition coefficient (Wildman–Crippen LogP) is 2.19. The van der Waals surface area contributed by atoms with Crippen LogP contribution in [0.15, 0.2) is 77.8 Å². The Bertz CT molecular complexity index is 1650. The molecule has 0 unspecified atom stereocenters. The molecule has 14 heteroatoms. The number of phenolic OH excluding ortho intramolecular Hbond substituents is 2. The van der Waals surface area contributed by atoms with Crippen molar-refractivity contribution in [3.8, 4) is 11.5 Å². The highest BCUT2D eigenvalue weighted by molar-refractivity contribution is 7.89. The molecule has 6 N–H and O–H groups in total. The van der Waals surface area contributed by atoms with Gasteiger partial charge in [0.2, 0.25) is 21.8 Å². The number of aliphatic hydroxyl groups excluding tert-OH is 1. The van der Waals surface area contributed by atoms with Crippen molar-refractivity contribution in [1.29, 1.82) is 0 Å². The lowest BCUT2D eigenvalue weighted by atomic mass is 9.85. The second kappa shape index (κ2) is 16.5. The fourth-order valence-electron chi connectivity index (χ4n) is 4.88. The van der Waals surface area contributed by atoms with Gasteiger partial charge in [-0.2, -0.15) is 4.31 Å². The van der Waals surface area contributed by atoms with E-state index in [0.717, 1.165) is 28.1 Å². The summed E-state index contributed by atoms with van der Waals surface area (Å²) in [6.07, 6.45) is 0.168. The summed E-state index contributed by atoms with van der Waals surface area (Å²) >= 11 is 0. The lowest BCUT2D eigenvalue weighted by Crippen LogP contribution is -2.59. The van der Waals surface area contributed by atoms with Crippen molar-refractivity contribution in [2.45, 2.75) is 64.1 Å². The van der Waals surface area contributed by atoms with Gasteiger partial charge in [-0.3, -0.25) is 19.4 Å². The minimum absolute atomic E-state index is 0.0118. The summed E-state index contributed by atoms with van der Waals surface area (Å²) in [5, 5.41) is 39.3. The maximum atomic E-state index is 13.8. The van der Waals surface area contributed by atoms with Crippen molar-refractivity contribution in [3.63, 3.8) is 0 Å². The van der Waals surface area contributed by atoms with Gasteiger partial charge in [-0.25, -0.2) is 8.42 Å². The number of amides is 3. The van der Waals surface area contributed by atoms with Crippen LogP contribution in [0.4, 0.5) is 0 Å². The highest BCUT2D eigenvalue weighted by Crippen LogP contribution is 2.29. The van der Waals surface area contributed by atoms with Gasteiger partial charge in [-0.05, 0) is 47.6 Å². The van der Waals surface area contributed by atoms with E-state index in [1.165, 1.54) is 12.3 Å². The van der Waals surface area contributed by atoms with Crippen LogP contribution in [-0.2, 0) is 26.0 Å². The topological polar surface area (TPSA) is 198 Å². The van der Waals surface area contributed by atoms with Crippen LogP contribution in [0, 0.1) is 11.3 Å². The molecule has 0 spiro atoms. The summed E-state index contributed by atoms with van der Waals surface area (Å²) in [6.45, 7) is 8.04. The number of nitrogens with one attached hydrogen (secondary N) is 3. The number of nitrogens with zero attached hydrogens (tertiary/aromatic N) is 2. The van der Waals surface area contributed by atoms with E-state index in [1.54, 1.807) is 57.2 Å². The van der Waals surface area contributed by atoms with Gasteiger partial charge in [-0.1, -0.05) is 71.0 Å². The van der Waals surface area contributed by atoms with Crippen molar-refractivity contribution in [2.24, 2.45) is 11.3 Å². The summed E-state index contributed by atoms with van der Waals surface area (Å²) < 4.78 is 28.4. The van der Waals surface area contributed by atoms with Crippen molar-refractivity contribution in [1.82, 2.24) is 25.2 Å². The number of sulfonamides is 1. The number of aromatic hydroxyl groups is 2. The number of carbonyl (C=O) groups is 3. The average molecular weight is 684 g/mol. The molecule has 3 rings (SSSR count). The zero-order chi connectivity index (χ0) is 35.6. The number of hydrogen-bond acceptors (Lipinski definition) is 9. The quantitative estimate of drug-likeness (QED) is 0.130. The van der Waals surface area contributed by atoms with E-state index in [4.69, 9.17) is 0 Å². The summed E-state index contributed by atoms with van der Waals surface area (Å²) in [7, 11) is -4.26. The number of benzene rings is 2. The Balaban J connectivity index is 1.84. The van der Waals surface area contributed by atoms with Gasteiger partial charge >= 0.3 is 0 Å². The van der Waals surface area contributed by atoms with Crippen LogP contribution in [0.5, 0.6) is 11.5 Å². The fourth-order valence-corrected chi connectivity index (χ4v) is 6.52. The van der Waals surface area contributed by atoms with Gasteiger partial charge in [0.05, 0.1) is 23.6 Å². The third kappa shape index (κ3) is 10.8. The number of hydrogen-bond donors (Lipinski definition) is 6. The largest absolute Gasteiger partial charge is 0.504 e. The monoisotopic (exact) mass is 683 g/mol. The Morgan fingerprint density at radius 2 is 1.56 bits per heavy atom. The molecule has 0 saturated heterocycles. The Hall–Kier alpha value is -4.53.